The highest BCUT2D eigenvalue weighted by Gasteiger charge is 2.03. The maximum atomic E-state index is 5.77. The zero-order valence-corrected chi connectivity index (χ0v) is 16.7. The predicted octanol–water partition coefficient (Wildman–Crippen LogP) is 3.77. The Kier molecular flexibility index (Phi) is 7.51. The molecule has 3 rings (SSSR count). The number of nitrogens with one attached hydrogen (secondary N) is 2. The summed E-state index contributed by atoms with van der Waals surface area (Å²) in [4.78, 5) is 8.97. The largest absolute Gasteiger partial charge is 0.497 e. The summed E-state index contributed by atoms with van der Waals surface area (Å²) in [7, 11) is 1.63. The topological polar surface area (TPSA) is 80.9 Å². The van der Waals surface area contributed by atoms with Crippen LogP contribution in [0.15, 0.2) is 70.4 Å². The quantitative estimate of drug-likeness (QED) is 0.425. The minimum atomic E-state index is 0.516. The van der Waals surface area contributed by atoms with Crippen molar-refractivity contribution in [1.29, 1.82) is 0 Å². The average Bonchev–Trinajstić information content (AvgIpc) is 3.27. The highest BCUT2D eigenvalue weighted by atomic mass is 16.5. The number of benzene rings is 1. The number of guanidine groups is 1. The normalized spacial score (nSPS) is 11.2. The molecule has 0 atom stereocenters. The summed E-state index contributed by atoms with van der Waals surface area (Å²) in [6.07, 6.45) is 4.25. The summed E-state index contributed by atoms with van der Waals surface area (Å²) in [5.74, 6) is 3.65. The summed E-state index contributed by atoms with van der Waals surface area (Å²) in [5, 5.41) is 6.55. The molecule has 0 fully saturated rings. The first kappa shape index (κ1) is 20.3. The number of rotatable bonds is 9. The molecule has 0 saturated carbocycles. The molecular weight excluding hydrogens is 368 g/mol. The Bertz CT molecular complexity index is 893. The second kappa shape index (κ2) is 10.8. The van der Waals surface area contributed by atoms with Gasteiger partial charge in [0.25, 0.3) is 0 Å². The van der Waals surface area contributed by atoms with Gasteiger partial charge in [-0.15, -0.1) is 0 Å². The van der Waals surface area contributed by atoms with Crippen LogP contribution in [0.1, 0.15) is 18.2 Å². The molecule has 2 heterocycles. The number of ether oxygens (including phenoxy) is 2. The van der Waals surface area contributed by atoms with Crippen molar-refractivity contribution >= 4 is 5.96 Å². The molecule has 0 aliphatic carbocycles. The van der Waals surface area contributed by atoms with Gasteiger partial charge in [-0.3, -0.25) is 0 Å². The third kappa shape index (κ3) is 6.57. The lowest BCUT2D eigenvalue weighted by molar-refractivity contribution is 0.407. The van der Waals surface area contributed by atoms with Gasteiger partial charge in [-0.25, -0.2) is 9.98 Å². The van der Waals surface area contributed by atoms with Crippen LogP contribution < -0.4 is 20.1 Å². The van der Waals surface area contributed by atoms with E-state index >= 15 is 0 Å². The van der Waals surface area contributed by atoms with Gasteiger partial charge in [0.15, 0.2) is 5.96 Å². The Morgan fingerprint density at radius 3 is 2.72 bits per heavy atom. The lowest BCUT2D eigenvalue weighted by atomic mass is 10.3. The van der Waals surface area contributed by atoms with Gasteiger partial charge in [-0.1, -0.05) is 12.1 Å². The van der Waals surface area contributed by atoms with Gasteiger partial charge >= 0.3 is 0 Å². The van der Waals surface area contributed by atoms with E-state index in [2.05, 4.69) is 20.6 Å². The molecule has 152 valence electrons. The van der Waals surface area contributed by atoms with Crippen molar-refractivity contribution in [2.75, 3.05) is 20.2 Å². The van der Waals surface area contributed by atoms with Crippen LogP contribution in [0.4, 0.5) is 0 Å². The van der Waals surface area contributed by atoms with Gasteiger partial charge in [0.05, 0.1) is 19.9 Å². The summed E-state index contributed by atoms with van der Waals surface area (Å²) in [6, 6.07) is 15.1. The van der Waals surface area contributed by atoms with Crippen LogP contribution in [0.25, 0.3) is 0 Å². The van der Waals surface area contributed by atoms with Crippen LogP contribution in [0, 0.1) is 0 Å². The molecule has 3 aromatic rings. The fourth-order valence-corrected chi connectivity index (χ4v) is 2.62. The third-order valence-electron chi connectivity index (χ3n) is 4.07. The maximum absolute atomic E-state index is 5.77. The highest BCUT2D eigenvalue weighted by Crippen LogP contribution is 2.23. The van der Waals surface area contributed by atoms with Crippen molar-refractivity contribution in [2.24, 2.45) is 4.99 Å². The standard InChI is InChI=1S/C22H26N4O3/c1-3-23-22(24-12-11-18-8-5-13-28-18)26-16-17-9-10-21(25-15-17)29-20-7-4-6-19(14-20)27-2/h4-10,13-15H,3,11-12,16H2,1-2H3,(H2,23,24,26). The first-order chi connectivity index (χ1) is 14.3. The first-order valence-corrected chi connectivity index (χ1v) is 9.58. The summed E-state index contributed by atoms with van der Waals surface area (Å²) in [6.45, 7) is 4.08. The van der Waals surface area contributed by atoms with E-state index in [4.69, 9.17) is 13.9 Å². The monoisotopic (exact) mass is 394 g/mol. The molecule has 29 heavy (non-hydrogen) atoms. The highest BCUT2D eigenvalue weighted by molar-refractivity contribution is 5.79. The molecule has 0 unspecified atom stereocenters. The molecule has 0 bridgehead atoms. The summed E-state index contributed by atoms with van der Waals surface area (Å²) < 4.78 is 16.3. The average molecular weight is 394 g/mol. The second-order valence-electron chi connectivity index (χ2n) is 6.24. The van der Waals surface area contributed by atoms with Crippen LogP contribution in [-0.2, 0) is 13.0 Å². The van der Waals surface area contributed by atoms with Gasteiger partial charge in [0.2, 0.25) is 5.88 Å². The number of furan rings is 1. The number of pyridine rings is 1. The Morgan fingerprint density at radius 1 is 1.10 bits per heavy atom. The van der Waals surface area contributed by atoms with E-state index in [1.165, 1.54) is 0 Å². The lowest BCUT2D eigenvalue weighted by Crippen LogP contribution is -2.38. The van der Waals surface area contributed by atoms with Crippen molar-refractivity contribution in [3.63, 3.8) is 0 Å². The number of methoxy groups -OCH3 is 1. The Morgan fingerprint density at radius 2 is 2.00 bits per heavy atom. The second-order valence-corrected chi connectivity index (χ2v) is 6.24. The zero-order chi connectivity index (χ0) is 20.3. The summed E-state index contributed by atoms with van der Waals surface area (Å²) >= 11 is 0. The number of hydrogen-bond acceptors (Lipinski definition) is 5. The van der Waals surface area contributed by atoms with E-state index < -0.39 is 0 Å². The molecule has 0 spiro atoms. The van der Waals surface area contributed by atoms with Crippen molar-refractivity contribution in [1.82, 2.24) is 15.6 Å². The Balaban J connectivity index is 1.53. The molecule has 2 aromatic heterocycles. The van der Waals surface area contributed by atoms with Gasteiger partial charge in [0.1, 0.15) is 17.3 Å². The first-order valence-electron chi connectivity index (χ1n) is 9.58. The van der Waals surface area contributed by atoms with Crippen LogP contribution in [-0.4, -0.2) is 31.1 Å². The molecule has 2 N–H and O–H groups in total. The molecule has 7 nitrogen and oxygen atoms in total. The fraction of sp³-hybridized carbons (Fsp3) is 0.273. The molecule has 0 radical (unpaired) electrons. The predicted molar refractivity (Wildman–Crippen MR) is 113 cm³/mol. The van der Waals surface area contributed by atoms with E-state index in [1.807, 2.05) is 55.5 Å². The van der Waals surface area contributed by atoms with E-state index in [0.29, 0.717) is 18.2 Å². The smallest absolute Gasteiger partial charge is 0.219 e. The van der Waals surface area contributed by atoms with Crippen LogP contribution in [0.2, 0.25) is 0 Å². The van der Waals surface area contributed by atoms with Gasteiger partial charge in [0, 0.05) is 37.8 Å². The minimum Gasteiger partial charge on any atom is -0.497 e. The molecule has 7 heteroatoms. The molecule has 0 aliphatic heterocycles. The van der Waals surface area contributed by atoms with Crippen molar-refractivity contribution in [3.8, 4) is 17.4 Å². The van der Waals surface area contributed by atoms with Crippen molar-refractivity contribution < 1.29 is 13.9 Å². The van der Waals surface area contributed by atoms with E-state index in [-0.39, 0.29) is 0 Å². The molecule has 1 aromatic carbocycles. The molecule has 0 amide bonds. The van der Waals surface area contributed by atoms with Gasteiger partial charge < -0.3 is 24.5 Å². The third-order valence-corrected chi connectivity index (χ3v) is 4.07. The van der Waals surface area contributed by atoms with Gasteiger partial charge in [-0.05, 0) is 36.8 Å². The SMILES string of the molecule is CCNC(=NCc1ccc(Oc2cccc(OC)c2)nc1)NCCc1ccco1. The molecule has 0 saturated heterocycles. The number of hydrogen-bond donors (Lipinski definition) is 2. The van der Waals surface area contributed by atoms with Crippen molar-refractivity contribution in [2.45, 2.75) is 19.9 Å². The lowest BCUT2D eigenvalue weighted by Gasteiger charge is -2.11. The van der Waals surface area contributed by atoms with E-state index in [1.54, 1.807) is 19.6 Å². The Hall–Kier alpha value is -3.48. The van der Waals surface area contributed by atoms with Crippen LogP contribution in [0.3, 0.4) is 0 Å². The zero-order valence-electron chi connectivity index (χ0n) is 16.7. The number of aliphatic imine (C=N–C) groups is 1. The molecular formula is C22H26N4O3. The van der Waals surface area contributed by atoms with Crippen LogP contribution in [0.5, 0.6) is 17.4 Å². The van der Waals surface area contributed by atoms with Crippen LogP contribution >= 0.6 is 0 Å². The Labute approximate surface area is 170 Å². The van der Waals surface area contributed by atoms with E-state index in [0.717, 1.165) is 42.5 Å². The number of nitrogens with zero attached hydrogens (tertiary/aromatic N) is 2. The maximum Gasteiger partial charge on any atom is 0.219 e. The van der Waals surface area contributed by atoms with Crippen molar-refractivity contribution in [3.05, 3.63) is 72.3 Å². The number of aromatic nitrogens is 1. The fourth-order valence-electron chi connectivity index (χ4n) is 2.62. The van der Waals surface area contributed by atoms with Gasteiger partial charge in [-0.2, -0.15) is 0 Å². The minimum absolute atomic E-state index is 0.516. The summed E-state index contributed by atoms with van der Waals surface area (Å²) in [5.41, 5.74) is 0.992. The van der Waals surface area contributed by atoms with E-state index in [9.17, 15) is 0 Å². The molecule has 0 aliphatic rings.